The standard InChI is InChI=1S/C19H16F2N2O2/c1-10-7-16(12-4-5-14(20)19(25-2)18(12)21)23-15-6-3-11(8-13(10)15)9-17(22)24/h3-8H,9H2,1-2H3,(H2,22,24). The lowest BCUT2D eigenvalue weighted by molar-refractivity contribution is -0.117. The van der Waals surface area contributed by atoms with Crippen molar-refractivity contribution in [2.75, 3.05) is 7.11 Å². The summed E-state index contributed by atoms with van der Waals surface area (Å²) in [5.41, 5.74) is 8.04. The van der Waals surface area contributed by atoms with Crippen LogP contribution in [0, 0.1) is 18.6 Å². The summed E-state index contributed by atoms with van der Waals surface area (Å²) in [6, 6.07) is 9.55. The lowest BCUT2D eigenvalue weighted by atomic mass is 10.0. The molecular formula is C19H16F2N2O2. The van der Waals surface area contributed by atoms with Gasteiger partial charge in [-0.3, -0.25) is 4.79 Å². The van der Waals surface area contributed by atoms with E-state index >= 15 is 0 Å². The van der Waals surface area contributed by atoms with Gasteiger partial charge in [-0.15, -0.1) is 0 Å². The Kier molecular flexibility index (Phi) is 4.35. The number of rotatable bonds is 4. The van der Waals surface area contributed by atoms with Crippen LogP contribution in [0.25, 0.3) is 22.2 Å². The van der Waals surface area contributed by atoms with E-state index in [1.54, 1.807) is 18.2 Å². The molecule has 0 fully saturated rings. The Labute approximate surface area is 143 Å². The SMILES string of the molecule is COc1c(F)ccc(-c2cc(C)c3cc(CC(N)=O)ccc3n2)c1F. The van der Waals surface area contributed by atoms with E-state index in [1.807, 2.05) is 13.0 Å². The van der Waals surface area contributed by atoms with Crippen LogP contribution in [-0.2, 0) is 11.2 Å². The fourth-order valence-electron chi connectivity index (χ4n) is 2.81. The summed E-state index contributed by atoms with van der Waals surface area (Å²) in [6.07, 6.45) is 0.140. The smallest absolute Gasteiger partial charge is 0.221 e. The van der Waals surface area contributed by atoms with Crippen molar-refractivity contribution < 1.29 is 18.3 Å². The molecule has 0 atom stereocenters. The maximum absolute atomic E-state index is 14.5. The average Bonchev–Trinajstić information content (AvgIpc) is 2.55. The number of fused-ring (bicyclic) bond motifs is 1. The molecular weight excluding hydrogens is 326 g/mol. The number of ether oxygens (including phenoxy) is 1. The Morgan fingerprint density at radius 2 is 1.96 bits per heavy atom. The number of benzene rings is 2. The summed E-state index contributed by atoms with van der Waals surface area (Å²) in [7, 11) is 1.21. The van der Waals surface area contributed by atoms with Gasteiger partial charge in [-0.25, -0.2) is 13.8 Å². The minimum absolute atomic E-state index is 0.140. The summed E-state index contributed by atoms with van der Waals surface area (Å²) >= 11 is 0. The highest BCUT2D eigenvalue weighted by molar-refractivity contribution is 5.87. The van der Waals surface area contributed by atoms with Crippen LogP contribution in [0.4, 0.5) is 8.78 Å². The number of nitrogens with zero attached hydrogens (tertiary/aromatic N) is 1. The monoisotopic (exact) mass is 342 g/mol. The van der Waals surface area contributed by atoms with Gasteiger partial charge in [0.2, 0.25) is 5.91 Å². The number of nitrogens with two attached hydrogens (primary N) is 1. The van der Waals surface area contributed by atoms with E-state index in [0.717, 1.165) is 22.6 Å². The van der Waals surface area contributed by atoms with Crippen LogP contribution >= 0.6 is 0 Å². The van der Waals surface area contributed by atoms with Gasteiger partial charge < -0.3 is 10.5 Å². The first kappa shape index (κ1) is 16.8. The third-order valence-electron chi connectivity index (χ3n) is 3.99. The van der Waals surface area contributed by atoms with Crippen molar-refractivity contribution in [1.29, 1.82) is 0 Å². The zero-order valence-electron chi connectivity index (χ0n) is 13.8. The van der Waals surface area contributed by atoms with Crippen molar-refractivity contribution in [1.82, 2.24) is 4.98 Å². The first-order valence-electron chi connectivity index (χ1n) is 7.61. The number of aromatic nitrogens is 1. The van der Waals surface area contributed by atoms with Crippen molar-refractivity contribution in [3.8, 4) is 17.0 Å². The Bertz CT molecular complexity index is 987. The van der Waals surface area contributed by atoms with Crippen LogP contribution in [0.2, 0.25) is 0 Å². The van der Waals surface area contributed by atoms with E-state index in [0.29, 0.717) is 11.2 Å². The summed E-state index contributed by atoms with van der Waals surface area (Å²) in [6.45, 7) is 1.86. The molecule has 0 saturated carbocycles. The summed E-state index contributed by atoms with van der Waals surface area (Å²) in [5.74, 6) is -2.41. The fraction of sp³-hybridized carbons (Fsp3) is 0.158. The normalized spacial score (nSPS) is 10.9. The van der Waals surface area contributed by atoms with E-state index < -0.39 is 23.3 Å². The number of carbonyl (C=O) groups excluding carboxylic acids is 1. The number of aryl methyl sites for hydroxylation is 1. The van der Waals surface area contributed by atoms with Crippen LogP contribution in [-0.4, -0.2) is 18.0 Å². The third kappa shape index (κ3) is 3.15. The molecule has 2 N–H and O–H groups in total. The van der Waals surface area contributed by atoms with E-state index in [2.05, 4.69) is 4.98 Å². The number of halogens is 2. The molecule has 0 aliphatic rings. The zero-order chi connectivity index (χ0) is 18.1. The maximum Gasteiger partial charge on any atom is 0.221 e. The van der Waals surface area contributed by atoms with Gasteiger partial charge in [-0.2, -0.15) is 0 Å². The lowest BCUT2D eigenvalue weighted by Gasteiger charge is -2.11. The molecule has 1 heterocycles. The van der Waals surface area contributed by atoms with Gasteiger partial charge >= 0.3 is 0 Å². The number of carbonyl (C=O) groups is 1. The second-order valence-electron chi connectivity index (χ2n) is 5.76. The highest BCUT2D eigenvalue weighted by Crippen LogP contribution is 2.32. The van der Waals surface area contributed by atoms with Crippen LogP contribution in [0.5, 0.6) is 5.75 Å². The van der Waals surface area contributed by atoms with Gasteiger partial charge in [0, 0.05) is 10.9 Å². The molecule has 2 aromatic carbocycles. The van der Waals surface area contributed by atoms with Gasteiger partial charge in [0.15, 0.2) is 17.4 Å². The van der Waals surface area contributed by atoms with Crippen molar-refractivity contribution >= 4 is 16.8 Å². The minimum atomic E-state index is -0.793. The number of amides is 1. The lowest BCUT2D eigenvalue weighted by Crippen LogP contribution is -2.13. The molecule has 128 valence electrons. The summed E-state index contributed by atoms with van der Waals surface area (Å²) < 4.78 is 32.9. The Morgan fingerprint density at radius 3 is 2.64 bits per heavy atom. The minimum Gasteiger partial charge on any atom is -0.491 e. The van der Waals surface area contributed by atoms with E-state index in [9.17, 15) is 13.6 Å². The van der Waals surface area contributed by atoms with E-state index in [-0.39, 0.29) is 12.0 Å². The molecule has 1 aromatic heterocycles. The molecule has 6 heteroatoms. The van der Waals surface area contributed by atoms with Gasteiger partial charge in [0.05, 0.1) is 24.7 Å². The Hall–Kier alpha value is -3.02. The van der Waals surface area contributed by atoms with Crippen LogP contribution in [0.15, 0.2) is 36.4 Å². The largest absolute Gasteiger partial charge is 0.491 e. The van der Waals surface area contributed by atoms with E-state index in [1.165, 1.54) is 13.2 Å². The highest BCUT2D eigenvalue weighted by atomic mass is 19.1. The van der Waals surface area contributed by atoms with Crippen LogP contribution < -0.4 is 10.5 Å². The van der Waals surface area contributed by atoms with Crippen molar-refractivity contribution in [3.05, 3.63) is 59.2 Å². The molecule has 3 aromatic rings. The quantitative estimate of drug-likeness (QED) is 0.789. The highest BCUT2D eigenvalue weighted by Gasteiger charge is 2.17. The average molecular weight is 342 g/mol. The molecule has 0 bridgehead atoms. The molecule has 4 nitrogen and oxygen atoms in total. The van der Waals surface area contributed by atoms with Gasteiger partial charge in [0.1, 0.15) is 0 Å². The van der Waals surface area contributed by atoms with Crippen molar-refractivity contribution in [3.63, 3.8) is 0 Å². The number of hydrogen-bond donors (Lipinski definition) is 1. The first-order valence-corrected chi connectivity index (χ1v) is 7.61. The molecule has 0 unspecified atom stereocenters. The number of pyridine rings is 1. The summed E-state index contributed by atoms with van der Waals surface area (Å²) in [5, 5.41) is 0.844. The fourth-order valence-corrected chi connectivity index (χ4v) is 2.81. The Balaban J connectivity index is 2.15. The molecule has 25 heavy (non-hydrogen) atoms. The van der Waals surface area contributed by atoms with Crippen molar-refractivity contribution in [2.24, 2.45) is 5.73 Å². The topological polar surface area (TPSA) is 65.2 Å². The predicted octanol–water partition coefficient (Wildman–Crippen LogP) is 3.52. The maximum atomic E-state index is 14.5. The second-order valence-corrected chi connectivity index (χ2v) is 5.76. The molecule has 3 rings (SSSR count). The van der Waals surface area contributed by atoms with Crippen LogP contribution in [0.3, 0.4) is 0 Å². The third-order valence-corrected chi connectivity index (χ3v) is 3.99. The summed E-state index contributed by atoms with van der Waals surface area (Å²) in [4.78, 5) is 15.5. The molecule has 0 spiro atoms. The molecule has 0 radical (unpaired) electrons. The number of hydrogen-bond acceptors (Lipinski definition) is 3. The van der Waals surface area contributed by atoms with Gasteiger partial charge in [0.25, 0.3) is 0 Å². The number of methoxy groups -OCH3 is 1. The van der Waals surface area contributed by atoms with Crippen LogP contribution in [0.1, 0.15) is 11.1 Å². The van der Waals surface area contributed by atoms with E-state index in [4.69, 9.17) is 10.5 Å². The molecule has 0 aliphatic heterocycles. The predicted molar refractivity (Wildman–Crippen MR) is 91.3 cm³/mol. The molecule has 0 saturated heterocycles. The molecule has 0 aliphatic carbocycles. The number of primary amides is 1. The Morgan fingerprint density at radius 1 is 1.20 bits per heavy atom. The first-order chi connectivity index (χ1) is 11.9. The molecule has 1 amide bonds. The van der Waals surface area contributed by atoms with Crippen molar-refractivity contribution in [2.45, 2.75) is 13.3 Å². The second kappa shape index (κ2) is 6.47. The zero-order valence-corrected chi connectivity index (χ0v) is 13.8. The van der Waals surface area contributed by atoms with Gasteiger partial charge in [-0.05, 0) is 48.4 Å². The van der Waals surface area contributed by atoms with Gasteiger partial charge in [-0.1, -0.05) is 6.07 Å².